The highest BCUT2D eigenvalue weighted by Crippen LogP contribution is 2.40. The quantitative estimate of drug-likeness (QED) is 0.807. The fourth-order valence-corrected chi connectivity index (χ4v) is 2.56. The van der Waals surface area contributed by atoms with E-state index in [1.54, 1.807) is 41.0 Å². The summed E-state index contributed by atoms with van der Waals surface area (Å²) in [7, 11) is 3.58. The number of fused-ring (bicyclic) bond motifs is 1. The van der Waals surface area contributed by atoms with E-state index in [1.807, 2.05) is 13.2 Å². The lowest BCUT2D eigenvalue weighted by Crippen LogP contribution is -2.23. The fraction of sp³-hybridized carbons (Fsp3) is 0.250. The highest BCUT2D eigenvalue weighted by molar-refractivity contribution is 6.32. The molecular formula is C16H16ClN3O3. The van der Waals surface area contributed by atoms with E-state index >= 15 is 0 Å². The van der Waals surface area contributed by atoms with Crippen molar-refractivity contribution in [3.05, 3.63) is 46.8 Å². The molecule has 1 aromatic heterocycles. The fourth-order valence-electron chi connectivity index (χ4n) is 2.28. The largest absolute Gasteiger partial charge is 0.454 e. The summed E-state index contributed by atoms with van der Waals surface area (Å²) in [5.41, 5.74) is 1.75. The van der Waals surface area contributed by atoms with Crippen LogP contribution in [0.25, 0.3) is 6.08 Å². The first-order valence-corrected chi connectivity index (χ1v) is 7.40. The van der Waals surface area contributed by atoms with E-state index in [0.717, 1.165) is 11.1 Å². The standard InChI is InChI=1S/C16H16ClN3O3/c1-19(8-12-7-18-20(2)9-12)15(21)4-3-11-5-13(17)16-14(6-11)22-10-23-16/h3-7,9H,8,10H2,1-2H3/b4-3-. The molecule has 2 aromatic rings. The Labute approximate surface area is 138 Å². The van der Waals surface area contributed by atoms with E-state index in [4.69, 9.17) is 21.1 Å². The summed E-state index contributed by atoms with van der Waals surface area (Å²) >= 11 is 6.12. The monoisotopic (exact) mass is 333 g/mol. The lowest BCUT2D eigenvalue weighted by Gasteiger charge is -2.13. The first kappa shape index (κ1) is 15.4. The lowest BCUT2D eigenvalue weighted by atomic mass is 10.2. The van der Waals surface area contributed by atoms with Crippen LogP contribution in [-0.2, 0) is 18.4 Å². The number of benzene rings is 1. The maximum atomic E-state index is 12.2. The Morgan fingerprint density at radius 2 is 2.30 bits per heavy atom. The normalized spacial score (nSPS) is 12.8. The van der Waals surface area contributed by atoms with Crippen molar-refractivity contribution in [1.82, 2.24) is 14.7 Å². The van der Waals surface area contributed by atoms with Crippen LogP contribution in [0.2, 0.25) is 5.02 Å². The zero-order valence-electron chi connectivity index (χ0n) is 12.8. The molecule has 6 nitrogen and oxygen atoms in total. The van der Waals surface area contributed by atoms with Gasteiger partial charge in [0.15, 0.2) is 11.5 Å². The molecule has 3 rings (SSSR count). The molecule has 7 heteroatoms. The maximum Gasteiger partial charge on any atom is 0.246 e. The van der Waals surface area contributed by atoms with Crippen LogP contribution in [0.1, 0.15) is 11.1 Å². The second-order valence-corrected chi connectivity index (χ2v) is 5.69. The van der Waals surface area contributed by atoms with Crippen molar-refractivity contribution in [2.75, 3.05) is 13.8 Å². The Hall–Kier alpha value is -2.47. The molecule has 0 saturated carbocycles. The van der Waals surface area contributed by atoms with Crippen molar-refractivity contribution in [1.29, 1.82) is 0 Å². The summed E-state index contributed by atoms with van der Waals surface area (Å²) < 4.78 is 12.3. The number of aromatic nitrogens is 2. The predicted octanol–water partition coefficient (Wildman–Crippen LogP) is 2.47. The Morgan fingerprint density at radius 1 is 1.48 bits per heavy atom. The van der Waals surface area contributed by atoms with Gasteiger partial charge in [-0.2, -0.15) is 5.10 Å². The van der Waals surface area contributed by atoms with Gasteiger partial charge < -0.3 is 14.4 Å². The number of nitrogens with zero attached hydrogens (tertiary/aromatic N) is 3. The van der Waals surface area contributed by atoms with Crippen LogP contribution in [0.3, 0.4) is 0 Å². The van der Waals surface area contributed by atoms with Crippen molar-refractivity contribution in [2.45, 2.75) is 6.54 Å². The highest BCUT2D eigenvalue weighted by Gasteiger charge is 2.17. The van der Waals surface area contributed by atoms with Gasteiger partial charge in [0.1, 0.15) is 0 Å². The van der Waals surface area contributed by atoms with Gasteiger partial charge in [-0.1, -0.05) is 11.6 Å². The molecule has 0 radical (unpaired) electrons. The molecule has 0 spiro atoms. The zero-order chi connectivity index (χ0) is 16.4. The summed E-state index contributed by atoms with van der Waals surface area (Å²) in [5, 5.41) is 4.55. The molecule has 0 fully saturated rings. The third kappa shape index (κ3) is 3.48. The van der Waals surface area contributed by atoms with Crippen LogP contribution in [0.4, 0.5) is 0 Å². The SMILES string of the molecule is CN(Cc1cnn(C)c1)C(=O)/C=C\c1cc(Cl)c2c(c1)OCO2. The van der Waals surface area contributed by atoms with Crippen LogP contribution in [0.5, 0.6) is 11.5 Å². The summed E-state index contributed by atoms with van der Waals surface area (Å²) in [6.07, 6.45) is 6.83. The minimum Gasteiger partial charge on any atom is -0.454 e. The Morgan fingerprint density at radius 3 is 3.04 bits per heavy atom. The Kier molecular flexibility index (Phi) is 4.25. The lowest BCUT2D eigenvalue weighted by molar-refractivity contribution is -0.125. The van der Waals surface area contributed by atoms with Crippen LogP contribution in [0.15, 0.2) is 30.6 Å². The number of ether oxygens (including phenoxy) is 2. The zero-order valence-corrected chi connectivity index (χ0v) is 13.6. The number of aryl methyl sites for hydroxylation is 1. The Bertz CT molecular complexity index is 770. The molecule has 2 heterocycles. The number of hydrogen-bond donors (Lipinski definition) is 0. The summed E-state index contributed by atoms with van der Waals surface area (Å²) in [5.74, 6) is 1.03. The summed E-state index contributed by atoms with van der Waals surface area (Å²) in [6, 6.07) is 3.53. The van der Waals surface area contributed by atoms with Gasteiger partial charge in [0.25, 0.3) is 0 Å². The molecular weight excluding hydrogens is 318 g/mol. The smallest absolute Gasteiger partial charge is 0.246 e. The number of carbonyl (C=O) groups is 1. The summed E-state index contributed by atoms with van der Waals surface area (Å²) in [6.45, 7) is 0.661. The van der Waals surface area contributed by atoms with Crippen molar-refractivity contribution >= 4 is 23.6 Å². The van der Waals surface area contributed by atoms with Crippen LogP contribution in [0, 0.1) is 0 Å². The average Bonchev–Trinajstić information content (AvgIpc) is 3.14. The second kappa shape index (κ2) is 6.34. The highest BCUT2D eigenvalue weighted by atomic mass is 35.5. The molecule has 0 aliphatic carbocycles. The van der Waals surface area contributed by atoms with Crippen LogP contribution < -0.4 is 9.47 Å². The van der Waals surface area contributed by atoms with E-state index in [2.05, 4.69) is 5.10 Å². The van der Waals surface area contributed by atoms with Crippen LogP contribution >= 0.6 is 11.6 Å². The van der Waals surface area contributed by atoms with Gasteiger partial charge in [-0.05, 0) is 23.8 Å². The minimum atomic E-state index is -0.109. The first-order chi connectivity index (χ1) is 11.0. The number of rotatable bonds is 4. The number of hydrogen-bond acceptors (Lipinski definition) is 4. The second-order valence-electron chi connectivity index (χ2n) is 5.29. The third-order valence-electron chi connectivity index (χ3n) is 3.42. The molecule has 0 bridgehead atoms. The molecule has 0 N–H and O–H groups in total. The molecule has 0 atom stereocenters. The van der Waals surface area contributed by atoms with Gasteiger partial charge in [0, 0.05) is 38.5 Å². The third-order valence-corrected chi connectivity index (χ3v) is 3.70. The van der Waals surface area contributed by atoms with Gasteiger partial charge in [0.2, 0.25) is 12.7 Å². The Balaban J connectivity index is 1.67. The van der Waals surface area contributed by atoms with Gasteiger partial charge in [-0.15, -0.1) is 0 Å². The van der Waals surface area contributed by atoms with Crippen molar-refractivity contribution < 1.29 is 14.3 Å². The minimum absolute atomic E-state index is 0.109. The van der Waals surface area contributed by atoms with Gasteiger partial charge in [0.05, 0.1) is 11.2 Å². The van der Waals surface area contributed by atoms with E-state index in [9.17, 15) is 4.79 Å². The molecule has 23 heavy (non-hydrogen) atoms. The van der Waals surface area contributed by atoms with Crippen molar-refractivity contribution in [2.24, 2.45) is 7.05 Å². The van der Waals surface area contributed by atoms with E-state index < -0.39 is 0 Å². The van der Waals surface area contributed by atoms with Crippen LogP contribution in [-0.4, -0.2) is 34.4 Å². The molecule has 1 aliphatic heterocycles. The molecule has 0 unspecified atom stereocenters. The number of halogens is 1. The molecule has 1 aromatic carbocycles. The van der Waals surface area contributed by atoms with Gasteiger partial charge in [-0.25, -0.2) is 0 Å². The number of carbonyl (C=O) groups excluding carboxylic acids is 1. The predicted molar refractivity (Wildman–Crippen MR) is 86.3 cm³/mol. The molecule has 1 aliphatic rings. The first-order valence-electron chi connectivity index (χ1n) is 7.03. The number of likely N-dealkylation sites (N-methyl/N-ethyl adjacent to an activating group) is 1. The van der Waals surface area contributed by atoms with E-state index in [1.165, 1.54) is 6.08 Å². The maximum absolute atomic E-state index is 12.2. The number of amides is 1. The van der Waals surface area contributed by atoms with E-state index in [0.29, 0.717) is 23.1 Å². The van der Waals surface area contributed by atoms with Crippen molar-refractivity contribution in [3.63, 3.8) is 0 Å². The molecule has 0 saturated heterocycles. The van der Waals surface area contributed by atoms with E-state index in [-0.39, 0.29) is 12.7 Å². The topological polar surface area (TPSA) is 56.6 Å². The van der Waals surface area contributed by atoms with Gasteiger partial charge >= 0.3 is 0 Å². The molecule has 120 valence electrons. The molecule has 1 amide bonds. The van der Waals surface area contributed by atoms with Gasteiger partial charge in [-0.3, -0.25) is 9.48 Å². The van der Waals surface area contributed by atoms with Crippen molar-refractivity contribution in [3.8, 4) is 11.5 Å². The summed E-state index contributed by atoms with van der Waals surface area (Å²) in [4.78, 5) is 13.8. The average molecular weight is 334 g/mol.